The normalized spacial score (nSPS) is 20.8. The van der Waals surface area contributed by atoms with Gasteiger partial charge in [0.25, 0.3) is 5.91 Å². The topological polar surface area (TPSA) is 98.3 Å². The first-order valence-corrected chi connectivity index (χ1v) is 7.38. The lowest BCUT2D eigenvalue weighted by atomic mass is 9.82. The van der Waals surface area contributed by atoms with Crippen molar-refractivity contribution in [2.45, 2.75) is 19.8 Å². The Kier molecular flexibility index (Phi) is 4.74. The molecule has 0 saturated carbocycles. The molecule has 0 bridgehead atoms. The van der Waals surface area contributed by atoms with Gasteiger partial charge in [-0.3, -0.25) is 20.4 Å². The fourth-order valence-corrected chi connectivity index (χ4v) is 3.06. The van der Waals surface area contributed by atoms with Gasteiger partial charge in [-0.1, -0.05) is 12.2 Å². The van der Waals surface area contributed by atoms with E-state index in [1.807, 2.05) is 0 Å². The maximum atomic E-state index is 12.0. The zero-order chi connectivity index (χ0) is 15.4. The second-order valence-corrected chi connectivity index (χ2v) is 5.77. The lowest BCUT2D eigenvalue weighted by molar-refractivity contribution is -0.313. The Bertz CT molecular complexity index is 594. The van der Waals surface area contributed by atoms with Gasteiger partial charge in [0, 0.05) is 11.9 Å². The number of aliphatic carboxylic acids is 1. The van der Waals surface area contributed by atoms with Crippen LogP contribution in [0.25, 0.3) is 0 Å². The maximum Gasteiger partial charge on any atom is 0.280 e. The highest BCUT2D eigenvalue weighted by molar-refractivity contribution is 7.12. The first-order chi connectivity index (χ1) is 10.0. The van der Waals surface area contributed by atoms with Crippen LogP contribution in [0, 0.1) is 18.8 Å². The summed E-state index contributed by atoms with van der Waals surface area (Å²) >= 11 is 1.27. The van der Waals surface area contributed by atoms with Crippen LogP contribution in [0.1, 0.15) is 28.1 Å². The Morgan fingerprint density at radius 1 is 1.19 bits per heavy atom. The zero-order valence-electron chi connectivity index (χ0n) is 11.4. The van der Waals surface area contributed by atoms with Crippen molar-refractivity contribution in [3.63, 3.8) is 0 Å². The summed E-state index contributed by atoms with van der Waals surface area (Å²) in [6, 6.07) is 1.81. The minimum Gasteiger partial charge on any atom is -0.550 e. The number of nitrogens with one attached hydrogen (secondary N) is 2. The second kappa shape index (κ2) is 6.53. The molecule has 0 radical (unpaired) electrons. The van der Waals surface area contributed by atoms with Crippen molar-refractivity contribution < 1.29 is 19.5 Å². The predicted octanol–water partition coefficient (Wildman–Crippen LogP) is 0.150. The number of thiophene rings is 1. The number of rotatable bonds is 3. The summed E-state index contributed by atoms with van der Waals surface area (Å²) in [4.78, 5) is 35.4. The molecule has 0 aromatic carbocycles. The van der Waals surface area contributed by atoms with E-state index >= 15 is 0 Å². The maximum absolute atomic E-state index is 12.0. The van der Waals surface area contributed by atoms with Crippen molar-refractivity contribution in [1.82, 2.24) is 10.9 Å². The average molecular weight is 307 g/mol. The van der Waals surface area contributed by atoms with Crippen LogP contribution in [0.15, 0.2) is 23.6 Å². The Morgan fingerprint density at radius 2 is 1.86 bits per heavy atom. The van der Waals surface area contributed by atoms with Crippen molar-refractivity contribution in [3.8, 4) is 0 Å². The van der Waals surface area contributed by atoms with Gasteiger partial charge in [-0.25, -0.2) is 0 Å². The molecule has 21 heavy (non-hydrogen) atoms. The Hall–Kier alpha value is -2.15. The van der Waals surface area contributed by atoms with E-state index in [1.165, 1.54) is 11.3 Å². The molecule has 112 valence electrons. The van der Waals surface area contributed by atoms with Gasteiger partial charge < -0.3 is 9.90 Å². The van der Waals surface area contributed by atoms with E-state index in [0.717, 1.165) is 5.56 Å². The van der Waals surface area contributed by atoms with E-state index in [1.54, 1.807) is 30.5 Å². The molecule has 0 aliphatic heterocycles. The Morgan fingerprint density at radius 3 is 2.43 bits per heavy atom. The fourth-order valence-electron chi connectivity index (χ4n) is 2.24. The molecule has 1 heterocycles. The van der Waals surface area contributed by atoms with Gasteiger partial charge in [0.15, 0.2) is 0 Å². The largest absolute Gasteiger partial charge is 0.550 e. The van der Waals surface area contributed by atoms with Crippen LogP contribution in [0.4, 0.5) is 0 Å². The number of carboxylic acids is 1. The number of hydrogen-bond acceptors (Lipinski definition) is 5. The number of aryl methyl sites for hydroxylation is 1. The van der Waals surface area contributed by atoms with Gasteiger partial charge in [0.1, 0.15) is 0 Å². The van der Waals surface area contributed by atoms with E-state index in [4.69, 9.17) is 0 Å². The third-order valence-electron chi connectivity index (χ3n) is 3.44. The minimum absolute atomic E-state index is 0.262. The minimum atomic E-state index is -1.25. The summed E-state index contributed by atoms with van der Waals surface area (Å²) in [7, 11) is 0. The van der Waals surface area contributed by atoms with Gasteiger partial charge >= 0.3 is 0 Å². The van der Waals surface area contributed by atoms with E-state index in [0.29, 0.717) is 11.3 Å². The monoisotopic (exact) mass is 307 g/mol. The number of allylic oxidation sites excluding steroid dienone is 2. The number of hydrogen-bond donors (Lipinski definition) is 2. The highest BCUT2D eigenvalue weighted by atomic mass is 32.1. The van der Waals surface area contributed by atoms with Crippen molar-refractivity contribution in [3.05, 3.63) is 34.0 Å². The molecule has 2 atom stereocenters. The molecule has 1 aromatic rings. The SMILES string of the molecule is Cc1ccsc1C(=O)NNC(=O)[C@H]1CC=CC[C@@H]1C(=O)[O-]. The molecule has 0 unspecified atom stereocenters. The van der Waals surface area contributed by atoms with Crippen molar-refractivity contribution in [1.29, 1.82) is 0 Å². The molecule has 1 aliphatic carbocycles. The first-order valence-electron chi connectivity index (χ1n) is 6.51. The number of carbonyl (C=O) groups is 3. The molecular weight excluding hydrogens is 292 g/mol. The number of hydrazine groups is 1. The summed E-state index contributed by atoms with van der Waals surface area (Å²) in [5, 5.41) is 12.8. The van der Waals surface area contributed by atoms with Crippen molar-refractivity contribution >= 4 is 29.1 Å². The van der Waals surface area contributed by atoms with Gasteiger partial charge in [-0.05, 0) is 36.8 Å². The quantitative estimate of drug-likeness (QED) is 0.613. The molecule has 2 rings (SSSR count). The lowest BCUT2D eigenvalue weighted by Crippen LogP contribution is -2.49. The molecule has 0 saturated heterocycles. The Balaban J connectivity index is 1.95. The van der Waals surface area contributed by atoms with Crippen LogP contribution in [0.5, 0.6) is 0 Å². The highest BCUT2D eigenvalue weighted by Gasteiger charge is 2.30. The van der Waals surface area contributed by atoms with Gasteiger partial charge in [0.05, 0.1) is 10.8 Å². The summed E-state index contributed by atoms with van der Waals surface area (Å²) in [5.74, 6) is -3.77. The zero-order valence-corrected chi connectivity index (χ0v) is 12.2. The summed E-state index contributed by atoms with van der Waals surface area (Å²) in [6.07, 6.45) is 4.06. The highest BCUT2D eigenvalue weighted by Crippen LogP contribution is 2.25. The van der Waals surface area contributed by atoms with Crippen molar-refractivity contribution in [2.24, 2.45) is 11.8 Å². The van der Waals surface area contributed by atoms with Crippen molar-refractivity contribution in [2.75, 3.05) is 0 Å². The van der Waals surface area contributed by atoms with Crippen LogP contribution in [0.3, 0.4) is 0 Å². The Labute approximate surface area is 125 Å². The summed E-state index contributed by atoms with van der Waals surface area (Å²) in [5.41, 5.74) is 5.43. The molecule has 0 fully saturated rings. The lowest BCUT2D eigenvalue weighted by Gasteiger charge is -2.28. The summed E-state index contributed by atoms with van der Waals surface area (Å²) in [6.45, 7) is 1.80. The molecule has 1 aromatic heterocycles. The van der Waals surface area contributed by atoms with Crippen LogP contribution < -0.4 is 16.0 Å². The van der Waals surface area contributed by atoms with E-state index in [9.17, 15) is 19.5 Å². The molecule has 0 spiro atoms. The summed E-state index contributed by atoms with van der Waals surface area (Å²) < 4.78 is 0. The molecule has 1 aliphatic rings. The fraction of sp³-hybridized carbons (Fsp3) is 0.357. The average Bonchev–Trinajstić information content (AvgIpc) is 2.90. The van der Waals surface area contributed by atoms with Crippen LogP contribution in [-0.4, -0.2) is 17.8 Å². The standard InChI is InChI=1S/C14H16N2O4S/c1-8-6-7-21-11(8)13(18)16-15-12(17)9-4-2-3-5-10(9)14(19)20/h2-3,6-7,9-10H,4-5H2,1H3,(H,15,17)(H,16,18)(H,19,20)/p-1/t9-,10-/m0/s1. The van der Waals surface area contributed by atoms with E-state index in [-0.39, 0.29) is 6.42 Å². The number of carboxylic acid groups (broad SMARTS) is 1. The number of amides is 2. The number of carbonyl (C=O) groups excluding carboxylic acids is 3. The van der Waals surface area contributed by atoms with Crippen LogP contribution >= 0.6 is 11.3 Å². The molecular formula is C14H15N2O4S-. The molecule has 7 heteroatoms. The van der Waals surface area contributed by atoms with Crippen LogP contribution in [0.2, 0.25) is 0 Å². The second-order valence-electron chi connectivity index (χ2n) is 4.85. The molecule has 2 amide bonds. The van der Waals surface area contributed by atoms with Gasteiger partial charge in [0.2, 0.25) is 5.91 Å². The van der Waals surface area contributed by atoms with Gasteiger partial charge in [-0.2, -0.15) is 0 Å². The van der Waals surface area contributed by atoms with E-state index in [2.05, 4.69) is 10.9 Å². The smallest absolute Gasteiger partial charge is 0.280 e. The molecule has 6 nitrogen and oxygen atoms in total. The third-order valence-corrected chi connectivity index (χ3v) is 4.45. The third kappa shape index (κ3) is 3.49. The predicted molar refractivity (Wildman–Crippen MR) is 75.0 cm³/mol. The van der Waals surface area contributed by atoms with Gasteiger partial charge in [-0.15, -0.1) is 11.3 Å². The van der Waals surface area contributed by atoms with Crippen LogP contribution in [-0.2, 0) is 9.59 Å². The van der Waals surface area contributed by atoms with E-state index < -0.39 is 29.6 Å². The molecule has 2 N–H and O–H groups in total. The first kappa shape index (κ1) is 15.2.